The number of carbonyl (C=O) groups is 1. The summed E-state index contributed by atoms with van der Waals surface area (Å²) in [5.41, 5.74) is -0.853. The largest absolute Gasteiger partial charge is 0.462 e. The van der Waals surface area contributed by atoms with E-state index in [-0.39, 0.29) is 22.2 Å². The molecule has 0 fully saturated rings. The van der Waals surface area contributed by atoms with Gasteiger partial charge in [0.25, 0.3) is 0 Å². The molecule has 5 nitrogen and oxygen atoms in total. The van der Waals surface area contributed by atoms with Gasteiger partial charge in [-0.05, 0) is 19.1 Å². The first-order chi connectivity index (χ1) is 7.49. The van der Waals surface area contributed by atoms with Crippen molar-refractivity contribution < 1.29 is 14.5 Å². The van der Waals surface area contributed by atoms with Crippen molar-refractivity contribution in [2.24, 2.45) is 0 Å². The average molecular weight is 264 g/mol. The highest BCUT2D eigenvalue weighted by Gasteiger charge is 2.28. The van der Waals surface area contributed by atoms with Crippen LogP contribution in [-0.2, 0) is 4.74 Å². The lowest BCUT2D eigenvalue weighted by atomic mass is 10.2. The third-order valence-electron chi connectivity index (χ3n) is 1.74. The predicted molar refractivity (Wildman–Crippen MR) is 59.1 cm³/mol. The third-order valence-corrected chi connectivity index (χ3v) is 2.36. The number of carbonyl (C=O) groups excluding carboxylic acids is 1. The summed E-state index contributed by atoms with van der Waals surface area (Å²) in [5, 5.41) is 10.5. The van der Waals surface area contributed by atoms with E-state index in [9.17, 15) is 14.9 Å². The van der Waals surface area contributed by atoms with E-state index in [0.29, 0.717) is 0 Å². The van der Waals surface area contributed by atoms with E-state index in [4.69, 9.17) is 23.2 Å². The molecule has 0 saturated heterocycles. The van der Waals surface area contributed by atoms with Crippen LogP contribution in [0.3, 0.4) is 0 Å². The number of nitro groups is 1. The van der Waals surface area contributed by atoms with Gasteiger partial charge in [0.15, 0.2) is 5.56 Å². The van der Waals surface area contributed by atoms with Gasteiger partial charge in [0, 0.05) is 0 Å². The Morgan fingerprint density at radius 1 is 1.44 bits per heavy atom. The van der Waals surface area contributed by atoms with Gasteiger partial charge in [0.2, 0.25) is 0 Å². The molecule has 7 heteroatoms. The first-order valence-corrected chi connectivity index (χ1v) is 5.04. The molecule has 16 heavy (non-hydrogen) atoms. The van der Waals surface area contributed by atoms with Crippen LogP contribution in [0, 0.1) is 10.1 Å². The second-order valence-electron chi connectivity index (χ2n) is 2.73. The van der Waals surface area contributed by atoms with Gasteiger partial charge in [-0.15, -0.1) is 0 Å². The number of hydrogen-bond acceptors (Lipinski definition) is 4. The van der Waals surface area contributed by atoms with Gasteiger partial charge in [0.1, 0.15) is 5.02 Å². The molecule has 0 heterocycles. The van der Waals surface area contributed by atoms with Crippen molar-refractivity contribution in [2.45, 2.75) is 6.92 Å². The zero-order valence-electron chi connectivity index (χ0n) is 8.20. The number of benzene rings is 1. The maximum absolute atomic E-state index is 11.5. The molecule has 0 amide bonds. The molecule has 1 rings (SSSR count). The van der Waals surface area contributed by atoms with Gasteiger partial charge < -0.3 is 4.74 Å². The summed E-state index contributed by atoms with van der Waals surface area (Å²) < 4.78 is 4.67. The molecule has 0 aliphatic heterocycles. The highest BCUT2D eigenvalue weighted by Crippen LogP contribution is 2.33. The monoisotopic (exact) mass is 263 g/mol. The van der Waals surface area contributed by atoms with Gasteiger partial charge in [-0.2, -0.15) is 0 Å². The van der Waals surface area contributed by atoms with E-state index in [1.165, 1.54) is 12.1 Å². The van der Waals surface area contributed by atoms with Crippen molar-refractivity contribution in [3.05, 3.63) is 37.9 Å². The molecule has 0 N–H and O–H groups in total. The molecular formula is C9H7Cl2NO4. The van der Waals surface area contributed by atoms with Crippen molar-refractivity contribution in [3.63, 3.8) is 0 Å². The standard InChI is InChI=1S/C9H7Cl2NO4/c1-2-16-9(13)7-5(10)3-4-6(11)8(7)12(14)15/h3-4H,2H2,1H3. The number of rotatable bonds is 3. The summed E-state index contributed by atoms with van der Waals surface area (Å²) in [5.74, 6) is -0.860. The minimum Gasteiger partial charge on any atom is -0.462 e. The van der Waals surface area contributed by atoms with Crippen LogP contribution in [0.4, 0.5) is 5.69 Å². The number of ether oxygens (including phenoxy) is 1. The highest BCUT2D eigenvalue weighted by molar-refractivity contribution is 6.37. The van der Waals surface area contributed by atoms with E-state index in [0.717, 1.165) is 0 Å². The number of nitro benzene ring substituents is 1. The molecule has 0 spiro atoms. The van der Waals surface area contributed by atoms with E-state index in [2.05, 4.69) is 4.74 Å². The molecule has 0 aliphatic carbocycles. The van der Waals surface area contributed by atoms with Gasteiger partial charge in [-0.1, -0.05) is 23.2 Å². The fraction of sp³-hybridized carbons (Fsp3) is 0.222. The first kappa shape index (κ1) is 12.7. The highest BCUT2D eigenvalue weighted by atomic mass is 35.5. The second kappa shape index (κ2) is 5.14. The Hall–Kier alpha value is -1.33. The number of esters is 1. The fourth-order valence-electron chi connectivity index (χ4n) is 1.12. The normalized spacial score (nSPS) is 9.94. The molecule has 0 saturated carbocycles. The summed E-state index contributed by atoms with van der Waals surface area (Å²) in [6.45, 7) is 1.68. The molecule has 0 aliphatic rings. The van der Waals surface area contributed by atoms with Crippen LogP contribution < -0.4 is 0 Å². The van der Waals surface area contributed by atoms with Crippen LogP contribution in [0.5, 0.6) is 0 Å². The SMILES string of the molecule is CCOC(=O)c1c(Cl)ccc(Cl)c1[N+](=O)[O-]. The van der Waals surface area contributed by atoms with E-state index >= 15 is 0 Å². The predicted octanol–water partition coefficient (Wildman–Crippen LogP) is 3.08. The molecular weight excluding hydrogens is 257 g/mol. The Kier molecular flexibility index (Phi) is 4.09. The molecule has 0 unspecified atom stereocenters. The van der Waals surface area contributed by atoms with Crippen molar-refractivity contribution >= 4 is 34.9 Å². The van der Waals surface area contributed by atoms with E-state index in [1.54, 1.807) is 6.92 Å². The summed E-state index contributed by atoms with van der Waals surface area (Å²) in [4.78, 5) is 21.5. The molecule has 0 radical (unpaired) electrons. The second-order valence-corrected chi connectivity index (χ2v) is 3.54. The minimum atomic E-state index is -0.860. The molecule has 0 aromatic heterocycles. The van der Waals surface area contributed by atoms with Crippen LogP contribution in [0.1, 0.15) is 17.3 Å². The maximum atomic E-state index is 11.5. The average Bonchev–Trinajstić information content (AvgIpc) is 2.20. The van der Waals surface area contributed by atoms with Crippen molar-refractivity contribution in [1.82, 2.24) is 0 Å². The van der Waals surface area contributed by atoms with Crippen LogP contribution in [0.2, 0.25) is 10.0 Å². The Morgan fingerprint density at radius 2 is 2.00 bits per heavy atom. The Balaban J connectivity index is 3.40. The Bertz CT molecular complexity index is 447. The third kappa shape index (κ3) is 2.43. The smallest absolute Gasteiger partial charge is 0.346 e. The van der Waals surface area contributed by atoms with Gasteiger partial charge in [0.05, 0.1) is 16.6 Å². The topological polar surface area (TPSA) is 69.4 Å². The first-order valence-electron chi connectivity index (χ1n) is 4.28. The fourth-order valence-corrected chi connectivity index (χ4v) is 1.57. The summed E-state index contributed by atoms with van der Waals surface area (Å²) in [7, 11) is 0. The zero-order valence-corrected chi connectivity index (χ0v) is 9.71. The maximum Gasteiger partial charge on any atom is 0.346 e. The molecule has 0 atom stereocenters. The zero-order chi connectivity index (χ0) is 12.3. The van der Waals surface area contributed by atoms with Crippen LogP contribution in [0.25, 0.3) is 0 Å². The molecule has 1 aromatic rings. The van der Waals surface area contributed by atoms with Crippen LogP contribution >= 0.6 is 23.2 Å². The molecule has 0 bridgehead atoms. The van der Waals surface area contributed by atoms with E-state index < -0.39 is 16.6 Å². The summed E-state index contributed by atoms with van der Waals surface area (Å²) in [6, 6.07) is 2.56. The lowest BCUT2D eigenvalue weighted by molar-refractivity contribution is -0.385. The quantitative estimate of drug-likeness (QED) is 0.478. The van der Waals surface area contributed by atoms with Gasteiger partial charge in [-0.25, -0.2) is 4.79 Å². The lowest BCUT2D eigenvalue weighted by Crippen LogP contribution is -2.09. The van der Waals surface area contributed by atoms with Crippen LogP contribution in [-0.4, -0.2) is 17.5 Å². The van der Waals surface area contributed by atoms with Crippen molar-refractivity contribution in [2.75, 3.05) is 6.61 Å². The summed E-state index contributed by atoms with van der Waals surface area (Å²) >= 11 is 11.3. The molecule has 1 aromatic carbocycles. The number of hydrogen-bond donors (Lipinski definition) is 0. The van der Waals surface area contributed by atoms with Crippen molar-refractivity contribution in [1.29, 1.82) is 0 Å². The minimum absolute atomic E-state index is 0.0606. The lowest BCUT2D eigenvalue weighted by Gasteiger charge is -2.05. The number of halogens is 2. The summed E-state index contributed by atoms with van der Waals surface area (Å²) in [6.07, 6.45) is 0. The Morgan fingerprint density at radius 3 is 2.50 bits per heavy atom. The number of nitrogens with zero attached hydrogens (tertiary/aromatic N) is 1. The van der Waals surface area contributed by atoms with Crippen molar-refractivity contribution in [3.8, 4) is 0 Å². The van der Waals surface area contributed by atoms with Gasteiger partial charge in [-0.3, -0.25) is 10.1 Å². The Labute approximate surface area is 101 Å². The van der Waals surface area contributed by atoms with Crippen LogP contribution in [0.15, 0.2) is 12.1 Å². The van der Waals surface area contributed by atoms with E-state index in [1.807, 2.05) is 0 Å². The van der Waals surface area contributed by atoms with Gasteiger partial charge >= 0.3 is 11.7 Å². The molecule has 86 valence electrons.